The summed E-state index contributed by atoms with van der Waals surface area (Å²) in [6.45, 7) is 0.944. The van der Waals surface area contributed by atoms with E-state index in [0.29, 0.717) is 6.61 Å². The van der Waals surface area contributed by atoms with Crippen LogP contribution >= 0.6 is 0 Å². The summed E-state index contributed by atoms with van der Waals surface area (Å²) in [5.74, 6) is 0. The number of hydrogen-bond donors (Lipinski definition) is 2. The van der Waals surface area contributed by atoms with E-state index in [1.807, 2.05) is 21.1 Å². The van der Waals surface area contributed by atoms with Gasteiger partial charge in [0.15, 0.2) is 6.29 Å². The Balaban J connectivity index is 0. The number of hydrogen-bond acceptors (Lipinski definition) is 3. The zero-order valence-corrected chi connectivity index (χ0v) is 8.58. The van der Waals surface area contributed by atoms with Gasteiger partial charge in [-0.3, -0.25) is 0 Å². The lowest BCUT2D eigenvalue weighted by Crippen LogP contribution is -3.00. The molecule has 0 aromatic carbocycles. The molecule has 0 spiro atoms. The van der Waals surface area contributed by atoms with Crippen LogP contribution in [0.2, 0.25) is 0 Å². The van der Waals surface area contributed by atoms with Crippen LogP contribution < -0.4 is 12.4 Å². The van der Waals surface area contributed by atoms with Crippen LogP contribution in [0.25, 0.3) is 0 Å². The lowest BCUT2D eigenvalue weighted by molar-refractivity contribution is -0.871. The molecule has 0 heterocycles. The number of aliphatic hydroxyl groups excluding tert-OH is 2. The van der Waals surface area contributed by atoms with Crippen LogP contribution in [-0.2, 0) is 4.74 Å². The summed E-state index contributed by atoms with van der Waals surface area (Å²) in [5, 5.41) is 17.2. The van der Waals surface area contributed by atoms with Crippen LogP contribution in [0.3, 0.4) is 0 Å². The molecule has 0 bridgehead atoms. The van der Waals surface area contributed by atoms with Crippen LogP contribution in [-0.4, -0.2) is 61.9 Å². The number of ether oxygens (including phenoxy) is 1. The van der Waals surface area contributed by atoms with Crippen LogP contribution in [0, 0.1) is 0 Å². The molecule has 0 aromatic heterocycles. The van der Waals surface area contributed by atoms with Gasteiger partial charge in [-0.15, -0.1) is 0 Å². The largest absolute Gasteiger partial charge is 1.00 e. The monoisotopic (exact) mass is 199 g/mol. The van der Waals surface area contributed by atoms with Gasteiger partial charge in [-0.1, -0.05) is 0 Å². The predicted octanol–water partition coefficient (Wildman–Crippen LogP) is -3.98. The Morgan fingerprint density at radius 2 is 1.83 bits per heavy atom. The highest BCUT2D eigenvalue weighted by Gasteiger charge is 2.08. The first-order chi connectivity index (χ1) is 4.95. The number of aliphatic hydroxyl groups is 2. The average Bonchev–Trinajstić information content (AvgIpc) is 1.85. The quantitative estimate of drug-likeness (QED) is 0.351. The van der Waals surface area contributed by atoms with Crippen molar-refractivity contribution in [2.75, 3.05) is 40.9 Å². The highest BCUT2D eigenvalue weighted by atomic mass is 35.5. The van der Waals surface area contributed by atoms with Crippen molar-refractivity contribution in [1.29, 1.82) is 0 Å². The SMILES string of the molecule is C[N+](C)(C)CCOC(O)CO.[Cl-]. The van der Waals surface area contributed by atoms with Gasteiger partial charge in [0.25, 0.3) is 0 Å². The molecular formula is C7H18ClNO3. The number of rotatable bonds is 5. The van der Waals surface area contributed by atoms with Gasteiger partial charge in [-0.25, -0.2) is 0 Å². The van der Waals surface area contributed by atoms with E-state index in [4.69, 9.17) is 14.9 Å². The van der Waals surface area contributed by atoms with Gasteiger partial charge in [0.2, 0.25) is 0 Å². The van der Waals surface area contributed by atoms with Crippen molar-refractivity contribution in [3.63, 3.8) is 0 Å². The third kappa shape index (κ3) is 10.1. The van der Waals surface area contributed by atoms with Crippen LogP contribution in [0.1, 0.15) is 0 Å². The smallest absolute Gasteiger partial charge is 0.178 e. The average molecular weight is 200 g/mol. The molecule has 76 valence electrons. The zero-order chi connectivity index (χ0) is 8.91. The third-order valence-corrected chi connectivity index (χ3v) is 1.23. The van der Waals surface area contributed by atoms with Crippen molar-refractivity contribution in [2.24, 2.45) is 0 Å². The van der Waals surface area contributed by atoms with E-state index in [9.17, 15) is 0 Å². The first kappa shape index (κ1) is 14.6. The fraction of sp³-hybridized carbons (Fsp3) is 1.00. The summed E-state index contributed by atoms with van der Waals surface area (Å²) in [5.41, 5.74) is 0. The van der Waals surface area contributed by atoms with E-state index in [0.717, 1.165) is 11.0 Å². The molecule has 0 saturated carbocycles. The summed E-state index contributed by atoms with van der Waals surface area (Å²) in [7, 11) is 6.11. The van der Waals surface area contributed by atoms with Gasteiger partial charge in [0, 0.05) is 0 Å². The van der Waals surface area contributed by atoms with Gasteiger partial charge in [0.05, 0.1) is 34.4 Å². The summed E-state index contributed by atoms with van der Waals surface area (Å²) < 4.78 is 5.65. The minimum Gasteiger partial charge on any atom is -1.00 e. The van der Waals surface area contributed by atoms with E-state index in [2.05, 4.69) is 0 Å². The number of likely N-dealkylation sites (N-methyl/N-ethyl adjacent to an activating group) is 1. The summed E-state index contributed by atoms with van der Waals surface area (Å²) in [4.78, 5) is 0. The number of nitrogens with zero attached hydrogens (tertiary/aromatic N) is 1. The molecule has 1 unspecified atom stereocenters. The van der Waals surface area contributed by atoms with Crippen molar-refractivity contribution >= 4 is 0 Å². The van der Waals surface area contributed by atoms with Crippen molar-refractivity contribution in [3.8, 4) is 0 Å². The highest BCUT2D eigenvalue weighted by molar-refractivity contribution is 4.34. The maximum atomic E-state index is 8.78. The number of halogens is 1. The van der Waals surface area contributed by atoms with E-state index in [1.54, 1.807) is 0 Å². The fourth-order valence-corrected chi connectivity index (χ4v) is 0.515. The molecule has 12 heavy (non-hydrogen) atoms. The lowest BCUT2D eigenvalue weighted by Gasteiger charge is -2.24. The standard InChI is InChI=1S/C7H18NO3.ClH/c1-8(2,3)4-5-11-7(10)6-9;/h7,9-10H,4-6H2,1-3H3;1H/q+1;/p-1. The lowest BCUT2D eigenvalue weighted by atomic mass is 10.5. The Hall–Kier alpha value is 0.130. The van der Waals surface area contributed by atoms with E-state index >= 15 is 0 Å². The van der Waals surface area contributed by atoms with Gasteiger partial charge >= 0.3 is 0 Å². The second-order valence-corrected chi connectivity index (χ2v) is 3.52. The van der Waals surface area contributed by atoms with Crippen LogP contribution in [0.4, 0.5) is 0 Å². The van der Waals surface area contributed by atoms with Crippen molar-refractivity contribution in [1.82, 2.24) is 0 Å². The molecule has 0 aromatic rings. The maximum absolute atomic E-state index is 8.78. The van der Waals surface area contributed by atoms with Crippen molar-refractivity contribution in [3.05, 3.63) is 0 Å². The second-order valence-electron chi connectivity index (χ2n) is 3.52. The Labute approximate surface area is 79.8 Å². The van der Waals surface area contributed by atoms with Crippen LogP contribution in [0.15, 0.2) is 0 Å². The molecule has 0 saturated heterocycles. The molecule has 2 N–H and O–H groups in total. The number of quaternary nitrogens is 1. The normalized spacial score (nSPS) is 13.8. The minimum absolute atomic E-state index is 0. The van der Waals surface area contributed by atoms with Crippen molar-refractivity contribution < 1.29 is 31.8 Å². The molecule has 0 aliphatic carbocycles. The molecule has 0 amide bonds. The van der Waals surface area contributed by atoms with Crippen molar-refractivity contribution in [2.45, 2.75) is 6.29 Å². The summed E-state index contributed by atoms with van der Waals surface area (Å²) in [6.07, 6.45) is -1.03. The molecule has 5 heteroatoms. The summed E-state index contributed by atoms with van der Waals surface area (Å²) >= 11 is 0. The topological polar surface area (TPSA) is 49.7 Å². The molecule has 0 rings (SSSR count). The fourth-order valence-electron chi connectivity index (χ4n) is 0.515. The molecular weight excluding hydrogens is 182 g/mol. The van der Waals surface area contributed by atoms with Gasteiger partial charge < -0.3 is 31.8 Å². The van der Waals surface area contributed by atoms with E-state index in [-0.39, 0.29) is 19.0 Å². The Bertz CT molecular complexity index is 105. The van der Waals surface area contributed by atoms with E-state index < -0.39 is 6.29 Å². The Morgan fingerprint density at radius 3 is 2.17 bits per heavy atom. The molecule has 0 radical (unpaired) electrons. The zero-order valence-electron chi connectivity index (χ0n) is 7.83. The molecule has 0 aliphatic rings. The third-order valence-electron chi connectivity index (χ3n) is 1.23. The second kappa shape index (κ2) is 6.62. The summed E-state index contributed by atoms with van der Waals surface area (Å²) in [6, 6.07) is 0. The molecule has 4 nitrogen and oxygen atoms in total. The highest BCUT2D eigenvalue weighted by Crippen LogP contribution is 1.91. The molecule has 0 fully saturated rings. The minimum atomic E-state index is -1.03. The first-order valence-corrected chi connectivity index (χ1v) is 3.66. The van der Waals surface area contributed by atoms with Gasteiger partial charge in [0.1, 0.15) is 6.54 Å². The Kier molecular flexibility index (Phi) is 8.08. The molecule has 0 aliphatic heterocycles. The van der Waals surface area contributed by atoms with E-state index in [1.165, 1.54) is 0 Å². The van der Waals surface area contributed by atoms with Gasteiger partial charge in [-0.05, 0) is 0 Å². The Morgan fingerprint density at radius 1 is 1.33 bits per heavy atom. The first-order valence-electron chi connectivity index (χ1n) is 3.66. The maximum Gasteiger partial charge on any atom is 0.178 e. The predicted molar refractivity (Wildman–Crippen MR) is 41.9 cm³/mol. The van der Waals surface area contributed by atoms with Crippen LogP contribution in [0.5, 0.6) is 0 Å². The molecule has 1 atom stereocenters. The van der Waals surface area contributed by atoms with Gasteiger partial charge in [-0.2, -0.15) is 0 Å².